The molecule has 0 aromatic heterocycles. The van der Waals surface area contributed by atoms with Crippen LogP contribution in [0.2, 0.25) is 5.02 Å². The Labute approximate surface area is 210 Å². The number of amides is 1. The lowest BCUT2D eigenvalue weighted by molar-refractivity contribution is 0.0678. The number of nitrogens with zero attached hydrogens (tertiary/aromatic N) is 2. The highest BCUT2D eigenvalue weighted by atomic mass is 35.5. The van der Waals surface area contributed by atoms with E-state index in [-0.39, 0.29) is 17.9 Å². The number of allylic oxidation sites excluding steroid dienone is 1. The zero-order valence-electron chi connectivity index (χ0n) is 19.8. The Morgan fingerprint density at radius 3 is 2.51 bits per heavy atom. The van der Waals surface area contributed by atoms with Crippen LogP contribution in [0.3, 0.4) is 0 Å². The summed E-state index contributed by atoms with van der Waals surface area (Å²) in [4.78, 5) is 13.8. The number of carbonyl (C=O) groups is 1. The fraction of sp³-hybridized carbons (Fsp3) is 0.241. The third-order valence-corrected chi connectivity index (χ3v) is 6.94. The number of carbonyl (C=O) groups excluding carboxylic acids is 1. The summed E-state index contributed by atoms with van der Waals surface area (Å²) >= 11 is 6.21. The fourth-order valence-corrected chi connectivity index (χ4v) is 5.30. The van der Waals surface area contributed by atoms with Crippen molar-refractivity contribution in [1.29, 1.82) is 0 Å². The molecule has 2 aliphatic rings. The third kappa shape index (κ3) is 4.44. The van der Waals surface area contributed by atoms with Crippen LogP contribution in [0, 0.1) is 5.92 Å². The highest BCUT2D eigenvalue weighted by molar-refractivity contribution is 6.31. The fourth-order valence-electron chi connectivity index (χ4n) is 5.11. The quantitative estimate of drug-likeness (QED) is 0.398. The SMILES string of the molecule is COc1ccccc1/C=C1\CCCC2C1=NN(C(=O)c1cccc(Cl)c1)C2c1ccccc1OC. The molecule has 1 aliphatic heterocycles. The van der Waals surface area contributed by atoms with Crippen LogP contribution < -0.4 is 9.47 Å². The lowest BCUT2D eigenvalue weighted by Gasteiger charge is -2.30. The first kappa shape index (κ1) is 23.2. The Morgan fingerprint density at radius 2 is 1.74 bits per heavy atom. The van der Waals surface area contributed by atoms with Gasteiger partial charge < -0.3 is 9.47 Å². The van der Waals surface area contributed by atoms with E-state index in [1.165, 1.54) is 0 Å². The van der Waals surface area contributed by atoms with E-state index in [0.717, 1.165) is 53.2 Å². The van der Waals surface area contributed by atoms with Crippen molar-refractivity contribution in [2.75, 3.05) is 14.2 Å². The van der Waals surface area contributed by atoms with Crippen LogP contribution >= 0.6 is 11.6 Å². The average molecular weight is 487 g/mol. The summed E-state index contributed by atoms with van der Waals surface area (Å²) in [6.45, 7) is 0. The van der Waals surface area contributed by atoms with Crippen LogP contribution in [0.4, 0.5) is 0 Å². The second-order valence-electron chi connectivity index (χ2n) is 8.74. The second kappa shape index (κ2) is 9.96. The molecule has 2 unspecified atom stereocenters. The maximum absolute atomic E-state index is 13.8. The minimum absolute atomic E-state index is 0.0594. The summed E-state index contributed by atoms with van der Waals surface area (Å²) in [7, 11) is 3.34. The molecule has 0 spiro atoms. The van der Waals surface area contributed by atoms with Gasteiger partial charge in [0.15, 0.2) is 0 Å². The lowest BCUT2D eigenvalue weighted by atomic mass is 9.77. The molecular formula is C29H27ClN2O3. The van der Waals surface area contributed by atoms with Gasteiger partial charge in [-0.15, -0.1) is 0 Å². The van der Waals surface area contributed by atoms with Crippen LogP contribution in [-0.4, -0.2) is 30.8 Å². The Balaban J connectivity index is 1.62. The molecule has 3 aromatic carbocycles. The molecule has 0 radical (unpaired) electrons. The smallest absolute Gasteiger partial charge is 0.274 e. The molecule has 1 aliphatic carbocycles. The second-order valence-corrected chi connectivity index (χ2v) is 9.18. The summed E-state index contributed by atoms with van der Waals surface area (Å²) in [5.41, 5.74) is 4.55. The minimum atomic E-state index is -0.269. The highest BCUT2D eigenvalue weighted by Crippen LogP contribution is 2.47. The number of rotatable bonds is 5. The Hall–Kier alpha value is -3.57. The van der Waals surface area contributed by atoms with E-state index >= 15 is 0 Å². The molecule has 0 bridgehead atoms. The molecule has 1 heterocycles. The number of hydrogen-bond acceptors (Lipinski definition) is 4. The van der Waals surface area contributed by atoms with Gasteiger partial charge in [0, 0.05) is 27.6 Å². The summed E-state index contributed by atoms with van der Waals surface area (Å²) in [6, 6.07) is 22.6. The molecule has 0 saturated heterocycles. The molecule has 6 heteroatoms. The van der Waals surface area contributed by atoms with Crippen LogP contribution in [0.25, 0.3) is 6.08 Å². The van der Waals surface area contributed by atoms with Gasteiger partial charge in [-0.05, 0) is 61.2 Å². The minimum Gasteiger partial charge on any atom is -0.496 e. The Morgan fingerprint density at radius 1 is 1.00 bits per heavy atom. The lowest BCUT2D eigenvalue weighted by Crippen LogP contribution is -2.32. The van der Waals surface area contributed by atoms with Crippen LogP contribution in [-0.2, 0) is 0 Å². The van der Waals surface area contributed by atoms with Gasteiger partial charge in [-0.25, -0.2) is 5.01 Å². The summed E-state index contributed by atoms with van der Waals surface area (Å²) < 4.78 is 11.3. The molecule has 1 saturated carbocycles. The van der Waals surface area contributed by atoms with Gasteiger partial charge in [0.25, 0.3) is 5.91 Å². The topological polar surface area (TPSA) is 51.1 Å². The largest absolute Gasteiger partial charge is 0.496 e. The maximum atomic E-state index is 13.8. The van der Waals surface area contributed by atoms with Crippen molar-refractivity contribution in [3.05, 3.63) is 100 Å². The van der Waals surface area contributed by atoms with E-state index in [1.54, 1.807) is 43.5 Å². The van der Waals surface area contributed by atoms with Crippen molar-refractivity contribution in [1.82, 2.24) is 5.01 Å². The van der Waals surface area contributed by atoms with E-state index in [2.05, 4.69) is 6.08 Å². The van der Waals surface area contributed by atoms with E-state index < -0.39 is 0 Å². The van der Waals surface area contributed by atoms with Gasteiger partial charge in [0.1, 0.15) is 11.5 Å². The van der Waals surface area contributed by atoms with Gasteiger partial charge >= 0.3 is 0 Å². The predicted molar refractivity (Wildman–Crippen MR) is 139 cm³/mol. The maximum Gasteiger partial charge on any atom is 0.274 e. The molecule has 178 valence electrons. The molecular weight excluding hydrogens is 460 g/mol. The van der Waals surface area contributed by atoms with Crippen LogP contribution in [0.1, 0.15) is 46.8 Å². The predicted octanol–water partition coefficient (Wildman–Crippen LogP) is 6.79. The van der Waals surface area contributed by atoms with Crippen molar-refractivity contribution in [2.24, 2.45) is 11.0 Å². The zero-order chi connectivity index (χ0) is 24.4. The standard InChI is InChI=1S/C29H27ClN2O3/c1-34-25-15-5-3-9-19(25)17-20-10-8-14-24-27(20)31-32(29(33)21-11-7-12-22(30)18-21)28(24)23-13-4-6-16-26(23)35-2/h3-7,9,11-13,15-18,24,28H,8,10,14H2,1-2H3/b20-17+. The number of ether oxygens (including phenoxy) is 2. The van der Waals surface area contributed by atoms with Crippen molar-refractivity contribution in [3.63, 3.8) is 0 Å². The number of halogens is 1. The van der Waals surface area contributed by atoms with E-state index in [1.807, 2.05) is 48.5 Å². The van der Waals surface area contributed by atoms with Gasteiger partial charge in [0.05, 0.1) is 26.0 Å². The van der Waals surface area contributed by atoms with Gasteiger partial charge in [0.2, 0.25) is 0 Å². The molecule has 1 amide bonds. The number of fused-ring (bicyclic) bond motifs is 1. The zero-order valence-corrected chi connectivity index (χ0v) is 20.5. The molecule has 1 fully saturated rings. The summed E-state index contributed by atoms with van der Waals surface area (Å²) in [5, 5.41) is 7.12. The molecule has 5 nitrogen and oxygen atoms in total. The summed E-state index contributed by atoms with van der Waals surface area (Å²) in [5.74, 6) is 1.44. The van der Waals surface area contributed by atoms with E-state index in [9.17, 15) is 4.79 Å². The Kier molecular flexibility index (Phi) is 6.60. The summed E-state index contributed by atoms with van der Waals surface area (Å²) in [6.07, 6.45) is 4.99. The number of hydrazone groups is 1. The molecule has 2 atom stereocenters. The van der Waals surface area contributed by atoms with E-state index in [0.29, 0.717) is 10.6 Å². The van der Waals surface area contributed by atoms with Gasteiger partial charge in [-0.2, -0.15) is 5.10 Å². The third-order valence-electron chi connectivity index (χ3n) is 6.71. The number of benzene rings is 3. The first-order chi connectivity index (χ1) is 17.1. The van der Waals surface area contributed by atoms with Gasteiger partial charge in [-0.1, -0.05) is 54.1 Å². The average Bonchev–Trinajstić information content (AvgIpc) is 3.29. The monoisotopic (exact) mass is 486 g/mol. The van der Waals surface area contributed by atoms with E-state index in [4.69, 9.17) is 26.2 Å². The van der Waals surface area contributed by atoms with Crippen molar-refractivity contribution >= 4 is 29.3 Å². The molecule has 0 N–H and O–H groups in total. The van der Waals surface area contributed by atoms with Crippen molar-refractivity contribution in [2.45, 2.75) is 25.3 Å². The molecule has 5 rings (SSSR count). The number of methoxy groups -OCH3 is 2. The van der Waals surface area contributed by atoms with Crippen LogP contribution in [0.15, 0.2) is 83.5 Å². The van der Waals surface area contributed by atoms with Crippen molar-refractivity contribution < 1.29 is 14.3 Å². The number of hydrogen-bond donors (Lipinski definition) is 0. The molecule has 35 heavy (non-hydrogen) atoms. The Bertz CT molecular complexity index is 1320. The van der Waals surface area contributed by atoms with Crippen molar-refractivity contribution in [3.8, 4) is 11.5 Å². The first-order valence-electron chi connectivity index (χ1n) is 11.7. The normalized spacial score (nSPS) is 20.4. The highest BCUT2D eigenvalue weighted by Gasteiger charge is 2.45. The van der Waals surface area contributed by atoms with Crippen LogP contribution in [0.5, 0.6) is 11.5 Å². The first-order valence-corrected chi connectivity index (χ1v) is 12.1. The number of para-hydroxylation sites is 2. The van der Waals surface area contributed by atoms with Gasteiger partial charge in [-0.3, -0.25) is 4.79 Å². The molecule has 3 aromatic rings.